The van der Waals surface area contributed by atoms with Crippen molar-refractivity contribution in [3.05, 3.63) is 22.4 Å². The van der Waals surface area contributed by atoms with Crippen LogP contribution in [0.15, 0.2) is 17.5 Å². The van der Waals surface area contributed by atoms with Crippen LogP contribution in [0.25, 0.3) is 0 Å². The van der Waals surface area contributed by atoms with E-state index in [1.807, 2.05) is 17.5 Å². The Labute approximate surface area is 125 Å². The monoisotopic (exact) mass is 296 g/mol. The molecule has 1 unspecified atom stereocenters. The van der Waals surface area contributed by atoms with E-state index < -0.39 is 0 Å². The Morgan fingerprint density at radius 3 is 2.80 bits per heavy atom. The van der Waals surface area contributed by atoms with E-state index >= 15 is 0 Å². The Morgan fingerprint density at radius 2 is 2.20 bits per heavy atom. The third kappa shape index (κ3) is 4.58. The van der Waals surface area contributed by atoms with Gasteiger partial charge in [0.2, 0.25) is 5.91 Å². The molecule has 1 atom stereocenters. The van der Waals surface area contributed by atoms with Gasteiger partial charge >= 0.3 is 0 Å². The van der Waals surface area contributed by atoms with E-state index in [2.05, 4.69) is 24.1 Å². The van der Waals surface area contributed by atoms with Gasteiger partial charge in [0.15, 0.2) is 0 Å². The molecule has 1 N–H and O–H groups in total. The van der Waals surface area contributed by atoms with Crippen molar-refractivity contribution in [3.63, 3.8) is 0 Å². The highest BCUT2D eigenvalue weighted by Gasteiger charge is 2.24. The Balaban J connectivity index is 1.80. The lowest BCUT2D eigenvalue weighted by Gasteiger charge is -2.36. The largest absolute Gasteiger partial charge is 0.379 e. The van der Waals surface area contributed by atoms with Crippen LogP contribution in [-0.4, -0.2) is 49.7 Å². The summed E-state index contributed by atoms with van der Waals surface area (Å²) >= 11 is 1.63. The van der Waals surface area contributed by atoms with Crippen molar-refractivity contribution in [2.75, 3.05) is 32.8 Å². The van der Waals surface area contributed by atoms with E-state index in [-0.39, 0.29) is 5.91 Å². The number of hydrogen-bond donors (Lipinski definition) is 1. The number of ether oxygens (including phenoxy) is 1. The fourth-order valence-corrected chi connectivity index (χ4v) is 3.25. The molecule has 1 aliphatic heterocycles. The number of amides is 1. The predicted octanol–water partition coefficient (Wildman–Crippen LogP) is 1.76. The van der Waals surface area contributed by atoms with Crippen LogP contribution in [0.5, 0.6) is 0 Å². The van der Waals surface area contributed by atoms with Crippen molar-refractivity contribution in [2.45, 2.75) is 26.3 Å². The van der Waals surface area contributed by atoms with Crippen molar-refractivity contribution in [2.24, 2.45) is 5.92 Å². The average molecular weight is 296 g/mol. The fraction of sp³-hybridized carbons (Fsp3) is 0.667. The fourth-order valence-electron chi connectivity index (χ4n) is 2.55. The van der Waals surface area contributed by atoms with Gasteiger partial charge in [-0.05, 0) is 17.4 Å². The van der Waals surface area contributed by atoms with E-state index in [1.165, 1.54) is 0 Å². The number of hydrogen-bond acceptors (Lipinski definition) is 4. The zero-order valence-electron chi connectivity index (χ0n) is 12.3. The number of carbonyl (C=O) groups excluding carboxylic acids is 1. The third-order valence-corrected chi connectivity index (χ3v) is 4.58. The van der Waals surface area contributed by atoms with E-state index in [9.17, 15) is 4.79 Å². The van der Waals surface area contributed by atoms with Crippen molar-refractivity contribution < 1.29 is 9.53 Å². The standard InChI is InChI=1S/C15H24N2O2S/c1-12(2)14(17-5-7-19-8-6-17)11-16-15(18)10-13-4-3-9-20-13/h3-4,9,12,14H,5-8,10-11H2,1-2H3,(H,16,18). The van der Waals surface area contributed by atoms with Gasteiger partial charge in [-0.3, -0.25) is 9.69 Å². The van der Waals surface area contributed by atoms with Gasteiger partial charge in [-0.15, -0.1) is 11.3 Å². The molecule has 1 saturated heterocycles. The maximum absolute atomic E-state index is 12.0. The van der Waals surface area contributed by atoms with Crippen LogP contribution >= 0.6 is 11.3 Å². The molecule has 1 fully saturated rings. The molecule has 0 radical (unpaired) electrons. The van der Waals surface area contributed by atoms with Crippen LogP contribution in [0.4, 0.5) is 0 Å². The first kappa shape index (κ1) is 15.5. The lowest BCUT2D eigenvalue weighted by molar-refractivity contribution is -0.120. The molecular formula is C15H24N2O2S. The first-order valence-corrected chi connectivity index (χ1v) is 8.15. The second-order valence-corrected chi connectivity index (χ2v) is 6.55. The molecule has 1 amide bonds. The van der Waals surface area contributed by atoms with Gasteiger partial charge in [-0.2, -0.15) is 0 Å². The van der Waals surface area contributed by atoms with Gasteiger partial charge in [0.05, 0.1) is 19.6 Å². The molecule has 1 aliphatic rings. The second kappa shape index (κ2) is 7.76. The minimum atomic E-state index is 0.117. The lowest BCUT2D eigenvalue weighted by atomic mass is 10.0. The number of nitrogens with one attached hydrogen (secondary N) is 1. The molecule has 2 heterocycles. The normalized spacial score (nSPS) is 18.1. The van der Waals surface area contributed by atoms with Gasteiger partial charge in [-0.1, -0.05) is 19.9 Å². The molecule has 112 valence electrons. The van der Waals surface area contributed by atoms with Crippen LogP contribution in [-0.2, 0) is 16.0 Å². The SMILES string of the molecule is CC(C)C(CNC(=O)Cc1cccs1)N1CCOCC1. The lowest BCUT2D eigenvalue weighted by Crippen LogP contribution is -2.51. The molecule has 1 aromatic rings. The molecule has 4 nitrogen and oxygen atoms in total. The Morgan fingerprint density at radius 1 is 1.45 bits per heavy atom. The minimum absolute atomic E-state index is 0.117. The minimum Gasteiger partial charge on any atom is -0.379 e. The molecule has 0 spiro atoms. The van der Waals surface area contributed by atoms with Gasteiger partial charge < -0.3 is 10.1 Å². The molecular weight excluding hydrogens is 272 g/mol. The smallest absolute Gasteiger partial charge is 0.225 e. The first-order chi connectivity index (χ1) is 9.66. The highest BCUT2D eigenvalue weighted by molar-refractivity contribution is 7.10. The number of nitrogens with zero attached hydrogens (tertiary/aromatic N) is 1. The summed E-state index contributed by atoms with van der Waals surface area (Å²) in [6.07, 6.45) is 0.492. The second-order valence-electron chi connectivity index (χ2n) is 5.52. The van der Waals surface area contributed by atoms with Crippen LogP contribution < -0.4 is 5.32 Å². The van der Waals surface area contributed by atoms with Crippen LogP contribution in [0.1, 0.15) is 18.7 Å². The third-order valence-electron chi connectivity index (χ3n) is 3.71. The molecule has 5 heteroatoms. The zero-order chi connectivity index (χ0) is 14.4. The summed E-state index contributed by atoms with van der Waals surface area (Å²) in [5.41, 5.74) is 0. The summed E-state index contributed by atoms with van der Waals surface area (Å²) in [5, 5.41) is 5.09. The van der Waals surface area contributed by atoms with Gasteiger partial charge in [0.1, 0.15) is 0 Å². The Hall–Kier alpha value is -0.910. The first-order valence-electron chi connectivity index (χ1n) is 7.27. The molecule has 0 aromatic carbocycles. The van der Waals surface area contributed by atoms with Gasteiger partial charge in [0, 0.05) is 30.6 Å². The molecule has 0 saturated carbocycles. The summed E-state index contributed by atoms with van der Waals surface area (Å²) in [4.78, 5) is 15.5. The van der Waals surface area contributed by atoms with Crippen LogP contribution in [0.3, 0.4) is 0 Å². The Kier molecular flexibility index (Phi) is 6.01. The van der Waals surface area contributed by atoms with Crippen molar-refractivity contribution in [3.8, 4) is 0 Å². The summed E-state index contributed by atoms with van der Waals surface area (Å²) < 4.78 is 5.40. The highest BCUT2D eigenvalue weighted by Crippen LogP contribution is 2.13. The number of morpholine rings is 1. The van der Waals surface area contributed by atoms with Crippen molar-refractivity contribution in [1.29, 1.82) is 0 Å². The molecule has 0 bridgehead atoms. The quantitative estimate of drug-likeness (QED) is 0.870. The maximum Gasteiger partial charge on any atom is 0.225 e. The predicted molar refractivity (Wildman–Crippen MR) is 82.1 cm³/mol. The van der Waals surface area contributed by atoms with E-state index in [1.54, 1.807) is 11.3 Å². The zero-order valence-corrected chi connectivity index (χ0v) is 13.1. The van der Waals surface area contributed by atoms with Crippen LogP contribution in [0.2, 0.25) is 0 Å². The van der Waals surface area contributed by atoms with Gasteiger partial charge in [0.25, 0.3) is 0 Å². The maximum atomic E-state index is 12.0. The van der Waals surface area contributed by atoms with Gasteiger partial charge in [-0.25, -0.2) is 0 Å². The van der Waals surface area contributed by atoms with Crippen molar-refractivity contribution >= 4 is 17.2 Å². The summed E-state index contributed by atoms with van der Waals surface area (Å²) in [6.45, 7) is 8.67. The van der Waals surface area contributed by atoms with Crippen molar-refractivity contribution in [1.82, 2.24) is 10.2 Å². The number of thiophene rings is 1. The number of carbonyl (C=O) groups is 1. The molecule has 1 aromatic heterocycles. The Bertz CT molecular complexity index is 400. The van der Waals surface area contributed by atoms with E-state index in [0.717, 1.165) is 37.7 Å². The summed E-state index contributed by atoms with van der Waals surface area (Å²) in [6, 6.07) is 4.38. The summed E-state index contributed by atoms with van der Waals surface area (Å²) in [7, 11) is 0. The average Bonchev–Trinajstić information content (AvgIpc) is 2.92. The highest BCUT2D eigenvalue weighted by atomic mass is 32.1. The van der Waals surface area contributed by atoms with Crippen LogP contribution in [0, 0.1) is 5.92 Å². The van der Waals surface area contributed by atoms with E-state index in [0.29, 0.717) is 18.4 Å². The molecule has 2 rings (SSSR count). The molecule has 0 aliphatic carbocycles. The summed E-state index contributed by atoms with van der Waals surface area (Å²) in [5.74, 6) is 0.640. The molecule has 20 heavy (non-hydrogen) atoms. The van der Waals surface area contributed by atoms with E-state index in [4.69, 9.17) is 4.74 Å². The number of rotatable bonds is 6. The topological polar surface area (TPSA) is 41.6 Å².